The Kier molecular flexibility index (Phi) is 7.67. The van der Waals surface area contributed by atoms with E-state index in [0.29, 0.717) is 24.1 Å². The van der Waals surface area contributed by atoms with E-state index in [9.17, 15) is 0 Å². The number of hydrogen-bond acceptors (Lipinski definition) is 5. The van der Waals surface area contributed by atoms with Crippen molar-refractivity contribution in [1.29, 1.82) is 0 Å². The first-order valence-corrected chi connectivity index (χ1v) is 8.71. The minimum absolute atomic E-state index is 0.426. The van der Waals surface area contributed by atoms with Crippen LogP contribution in [0, 0.1) is 26.2 Å². The van der Waals surface area contributed by atoms with Crippen LogP contribution in [0.5, 0.6) is 5.75 Å². The van der Waals surface area contributed by atoms with Crippen LogP contribution in [0.1, 0.15) is 29.6 Å². The zero-order valence-electron chi connectivity index (χ0n) is 16.3. The molecule has 28 heavy (non-hydrogen) atoms. The van der Waals surface area contributed by atoms with Gasteiger partial charge in [0.2, 0.25) is 5.84 Å². The number of rotatable bonds is 5. The molecule has 142 valence electrons. The maximum atomic E-state index is 5.69. The molecule has 1 aromatic carbocycles. The number of H-pyrrole nitrogens is 1. The second-order valence-electron chi connectivity index (χ2n) is 5.86. The van der Waals surface area contributed by atoms with Crippen molar-refractivity contribution in [2.75, 3.05) is 6.67 Å². The molecule has 0 bridgehead atoms. The molecule has 0 spiro atoms. The second-order valence-corrected chi connectivity index (χ2v) is 5.86. The van der Waals surface area contributed by atoms with Crippen molar-refractivity contribution in [2.24, 2.45) is 15.2 Å². The molecule has 6 heteroatoms. The summed E-state index contributed by atoms with van der Waals surface area (Å²) in [7, 11) is 0. The van der Waals surface area contributed by atoms with Crippen molar-refractivity contribution in [3.8, 4) is 18.1 Å². The highest BCUT2D eigenvalue weighted by atomic mass is 16.5. The monoisotopic (exact) mass is 373 g/mol. The molecule has 1 aromatic heterocycles. The third-order valence-electron chi connectivity index (χ3n) is 3.47. The summed E-state index contributed by atoms with van der Waals surface area (Å²) >= 11 is 0. The van der Waals surface area contributed by atoms with E-state index in [2.05, 4.69) is 37.7 Å². The zero-order chi connectivity index (χ0) is 20.4. The van der Waals surface area contributed by atoms with Gasteiger partial charge < -0.3 is 9.72 Å². The first-order chi connectivity index (χ1) is 13.5. The van der Waals surface area contributed by atoms with E-state index in [1.165, 1.54) is 0 Å². The van der Waals surface area contributed by atoms with Crippen LogP contribution in [0.15, 0.2) is 76.3 Å². The lowest BCUT2D eigenvalue weighted by atomic mass is 10.1. The molecular formula is C22H23N5O. The third-order valence-corrected chi connectivity index (χ3v) is 3.47. The van der Waals surface area contributed by atoms with Crippen LogP contribution in [0.3, 0.4) is 0 Å². The van der Waals surface area contributed by atoms with Gasteiger partial charge >= 0.3 is 0 Å². The van der Waals surface area contributed by atoms with E-state index in [-0.39, 0.29) is 0 Å². The molecule has 0 radical (unpaired) electrons. The van der Waals surface area contributed by atoms with Crippen molar-refractivity contribution in [3.63, 3.8) is 0 Å². The van der Waals surface area contributed by atoms with Gasteiger partial charge in [-0.25, -0.2) is 9.98 Å². The predicted octanol–water partition coefficient (Wildman–Crippen LogP) is 4.89. The number of terminal acetylenes is 1. The van der Waals surface area contributed by atoms with Gasteiger partial charge in [-0.3, -0.25) is 0 Å². The lowest BCUT2D eigenvalue weighted by molar-refractivity contribution is 0.444. The van der Waals surface area contributed by atoms with Gasteiger partial charge in [-0.2, -0.15) is 5.11 Å². The van der Waals surface area contributed by atoms with E-state index in [1.54, 1.807) is 12.3 Å². The van der Waals surface area contributed by atoms with Gasteiger partial charge in [-0.05, 0) is 56.7 Å². The van der Waals surface area contributed by atoms with Crippen LogP contribution in [0.4, 0.5) is 0 Å². The number of nitrogens with one attached hydrogen (secondary N) is 1. The number of hydrogen-bond donors (Lipinski definition) is 1. The summed E-state index contributed by atoms with van der Waals surface area (Å²) < 4.78 is 5.69. The maximum absolute atomic E-state index is 5.69. The van der Waals surface area contributed by atoms with Crippen LogP contribution in [0.25, 0.3) is 0 Å². The minimum atomic E-state index is 0.426. The molecule has 6 nitrogen and oxygen atoms in total. The lowest BCUT2D eigenvalue weighted by Gasteiger charge is -2.07. The summed E-state index contributed by atoms with van der Waals surface area (Å²) in [6.45, 7) is 9.99. The standard InChI is InChI=1S/C16H16O.C6H7N5/c1-5-8-9-15(7-3)17-16-11-13(4)10-14(6-2)12-16;1-4-2-7-5(10-4)6-8-3-9-11-6/h2,5,7-12H,3H2,1,4H3;2H,3H2,1H3,(H,7,10)/b8-5-,15-9+;. The topological polar surface area (TPSA) is 75.0 Å². The summed E-state index contributed by atoms with van der Waals surface area (Å²) in [6, 6.07) is 5.71. The minimum Gasteiger partial charge on any atom is -0.457 e. The fraction of sp³-hybridized carbons (Fsp3) is 0.182. The molecule has 2 aromatic rings. The van der Waals surface area contributed by atoms with Gasteiger partial charge in [-0.15, -0.1) is 11.5 Å². The summed E-state index contributed by atoms with van der Waals surface area (Å²) in [5.74, 6) is 5.32. The first-order valence-electron chi connectivity index (χ1n) is 8.71. The normalized spacial score (nSPS) is 12.9. The number of amidine groups is 1. The highest BCUT2D eigenvalue weighted by molar-refractivity contribution is 5.96. The second kappa shape index (κ2) is 10.4. The Morgan fingerprint density at radius 1 is 1.32 bits per heavy atom. The molecule has 3 rings (SSSR count). The number of aryl methyl sites for hydroxylation is 2. The Labute approximate surface area is 165 Å². The third kappa shape index (κ3) is 6.22. The number of ether oxygens (including phenoxy) is 1. The van der Waals surface area contributed by atoms with Crippen molar-refractivity contribution in [1.82, 2.24) is 9.97 Å². The quantitative estimate of drug-likeness (QED) is 0.460. The van der Waals surface area contributed by atoms with Crippen LogP contribution in [-0.2, 0) is 0 Å². The summed E-state index contributed by atoms with van der Waals surface area (Å²) in [5.41, 5.74) is 2.89. The Balaban J connectivity index is 0.000000218. The van der Waals surface area contributed by atoms with Crippen molar-refractivity contribution < 1.29 is 4.74 Å². The molecule has 0 saturated heterocycles. The van der Waals surface area contributed by atoms with Gasteiger partial charge in [0.15, 0.2) is 12.5 Å². The van der Waals surface area contributed by atoms with Gasteiger partial charge in [0.25, 0.3) is 0 Å². The fourth-order valence-corrected chi connectivity index (χ4v) is 2.24. The summed E-state index contributed by atoms with van der Waals surface area (Å²) in [4.78, 5) is 11.1. The number of azo groups is 1. The molecule has 0 atom stereocenters. The van der Waals surface area contributed by atoms with Crippen LogP contribution >= 0.6 is 0 Å². The summed E-state index contributed by atoms with van der Waals surface area (Å²) in [6.07, 6.45) is 14.5. The van der Waals surface area contributed by atoms with E-state index >= 15 is 0 Å². The zero-order valence-corrected chi connectivity index (χ0v) is 16.3. The molecular weight excluding hydrogens is 350 g/mol. The highest BCUT2D eigenvalue weighted by Gasteiger charge is 2.08. The fourth-order valence-electron chi connectivity index (χ4n) is 2.24. The molecule has 1 aliphatic heterocycles. The Bertz CT molecular complexity index is 987. The van der Waals surface area contributed by atoms with E-state index in [4.69, 9.17) is 11.2 Å². The first kappa shape index (κ1) is 20.6. The summed E-state index contributed by atoms with van der Waals surface area (Å²) in [5, 5.41) is 7.51. The SMILES string of the molecule is C#Cc1cc(C)cc(O/C(C=C)=C/C=C\C)c1.Cc1cnc(C2=NCN=N2)[nH]1. The highest BCUT2D eigenvalue weighted by Crippen LogP contribution is 2.19. The Morgan fingerprint density at radius 2 is 2.14 bits per heavy atom. The van der Waals surface area contributed by atoms with Crippen LogP contribution in [-0.4, -0.2) is 22.5 Å². The van der Waals surface area contributed by atoms with Gasteiger partial charge in [0, 0.05) is 17.5 Å². The predicted molar refractivity (Wildman–Crippen MR) is 112 cm³/mol. The molecule has 0 saturated carbocycles. The molecule has 1 N–H and O–H groups in total. The number of benzene rings is 1. The average Bonchev–Trinajstić information content (AvgIpc) is 3.36. The van der Waals surface area contributed by atoms with Gasteiger partial charge in [-0.1, -0.05) is 24.7 Å². The molecule has 0 amide bonds. The van der Waals surface area contributed by atoms with Crippen molar-refractivity contribution in [3.05, 3.63) is 83.7 Å². The van der Waals surface area contributed by atoms with E-state index < -0.39 is 0 Å². The largest absolute Gasteiger partial charge is 0.457 e. The lowest BCUT2D eigenvalue weighted by Crippen LogP contribution is -1.96. The number of aliphatic imine (C=N–C) groups is 1. The van der Waals surface area contributed by atoms with E-state index in [1.807, 2.05) is 57.2 Å². The number of nitrogens with zero attached hydrogens (tertiary/aromatic N) is 4. The van der Waals surface area contributed by atoms with Gasteiger partial charge in [0.1, 0.15) is 11.5 Å². The maximum Gasteiger partial charge on any atom is 0.214 e. The molecule has 2 heterocycles. The van der Waals surface area contributed by atoms with Gasteiger partial charge in [0.05, 0.1) is 0 Å². The Hall–Kier alpha value is -3.72. The van der Waals surface area contributed by atoms with Crippen molar-refractivity contribution in [2.45, 2.75) is 20.8 Å². The Morgan fingerprint density at radius 3 is 2.71 bits per heavy atom. The molecule has 1 aliphatic rings. The number of imidazole rings is 1. The average molecular weight is 373 g/mol. The van der Waals surface area contributed by atoms with Crippen LogP contribution in [0.2, 0.25) is 0 Å². The molecule has 0 aliphatic carbocycles. The molecule has 0 unspecified atom stereocenters. The number of aromatic amines is 1. The van der Waals surface area contributed by atoms with Crippen LogP contribution < -0.4 is 4.74 Å². The van der Waals surface area contributed by atoms with Crippen molar-refractivity contribution >= 4 is 5.84 Å². The number of allylic oxidation sites excluding steroid dienone is 4. The smallest absolute Gasteiger partial charge is 0.214 e. The molecule has 0 fully saturated rings. The van der Waals surface area contributed by atoms with E-state index in [0.717, 1.165) is 22.6 Å². The number of aromatic nitrogens is 2.